The van der Waals surface area contributed by atoms with Gasteiger partial charge in [-0.15, -0.1) is 0 Å². The van der Waals surface area contributed by atoms with Crippen LogP contribution in [-0.2, 0) is 14.3 Å². The van der Waals surface area contributed by atoms with Crippen molar-refractivity contribution in [3.8, 4) is 17.6 Å². The number of allylic oxidation sites excluding steroid dienone is 1. The molecule has 2 aromatic carbocycles. The molecule has 0 saturated heterocycles. The first-order chi connectivity index (χ1) is 15.1. The lowest BCUT2D eigenvalue weighted by molar-refractivity contribution is -0.146. The molecule has 0 heterocycles. The smallest absolute Gasteiger partial charge is 0.330 e. The van der Waals surface area contributed by atoms with Gasteiger partial charge in [-0.3, -0.25) is 4.79 Å². The molecule has 0 radical (unpaired) electrons. The van der Waals surface area contributed by atoms with Crippen LogP contribution in [0, 0.1) is 28.1 Å². The van der Waals surface area contributed by atoms with Crippen LogP contribution in [-0.4, -0.2) is 23.1 Å². The predicted molar refractivity (Wildman–Crippen MR) is 119 cm³/mol. The van der Waals surface area contributed by atoms with Crippen LogP contribution in [0.15, 0.2) is 66.7 Å². The molecule has 2 aromatic rings. The highest BCUT2D eigenvalue weighted by Gasteiger charge is 2.78. The third-order valence-corrected chi connectivity index (χ3v) is 6.14. The van der Waals surface area contributed by atoms with Gasteiger partial charge in [0, 0.05) is 12.0 Å². The summed E-state index contributed by atoms with van der Waals surface area (Å²) in [7, 11) is 0. The maximum absolute atomic E-state index is 12.5. The van der Waals surface area contributed by atoms with Crippen LogP contribution in [0.4, 0.5) is 0 Å². The molecule has 0 aliphatic heterocycles. The molecule has 1 fully saturated rings. The van der Waals surface area contributed by atoms with Crippen LogP contribution >= 0.6 is 0 Å². The van der Waals surface area contributed by atoms with Crippen molar-refractivity contribution >= 4 is 11.9 Å². The van der Waals surface area contributed by atoms with Gasteiger partial charge in [-0.2, -0.15) is 5.26 Å². The summed E-state index contributed by atoms with van der Waals surface area (Å²) in [5.41, 5.74) is -1.58. The number of carboxylic acid groups (broad SMARTS) is 1. The van der Waals surface area contributed by atoms with E-state index in [0.717, 1.165) is 0 Å². The fourth-order valence-electron chi connectivity index (χ4n) is 4.58. The zero-order valence-electron chi connectivity index (χ0n) is 18.6. The van der Waals surface area contributed by atoms with Gasteiger partial charge in [-0.05, 0) is 49.1 Å². The van der Waals surface area contributed by atoms with E-state index in [1.165, 1.54) is 6.08 Å². The minimum absolute atomic E-state index is 0.275. The average Bonchev–Trinajstić information content (AvgIpc) is 3.23. The molecule has 0 amide bonds. The van der Waals surface area contributed by atoms with E-state index in [0.29, 0.717) is 17.1 Å². The summed E-state index contributed by atoms with van der Waals surface area (Å²) in [4.78, 5) is 24.5. The molecule has 0 bridgehead atoms. The minimum atomic E-state index is -1.39. The monoisotopic (exact) mass is 433 g/mol. The van der Waals surface area contributed by atoms with E-state index in [4.69, 9.17) is 9.47 Å². The second-order valence-corrected chi connectivity index (χ2v) is 8.77. The Bertz CT molecular complexity index is 1070. The first-order valence-corrected chi connectivity index (χ1v) is 10.5. The zero-order chi connectivity index (χ0) is 23.5. The standard InChI is InChI=1S/C26H27NO5/c1-17(2)31-23(28)14-13-22-25(3,4)26(22,24(29)30)21(16-27)18-9-8-12-20(15-18)32-19-10-6-5-7-11-19/h5-15,17,21-22H,1-4H3,(H,29,30)/t21?,22-,26+/m0/s1. The van der Waals surface area contributed by atoms with Gasteiger partial charge in [0.25, 0.3) is 0 Å². The van der Waals surface area contributed by atoms with E-state index in [-0.39, 0.29) is 6.10 Å². The third-order valence-electron chi connectivity index (χ3n) is 6.14. The van der Waals surface area contributed by atoms with Crippen molar-refractivity contribution in [1.82, 2.24) is 0 Å². The van der Waals surface area contributed by atoms with Crippen molar-refractivity contribution in [2.24, 2.45) is 16.7 Å². The number of hydrogen-bond donors (Lipinski definition) is 1. The van der Waals surface area contributed by atoms with Crippen molar-refractivity contribution in [2.45, 2.75) is 39.7 Å². The van der Waals surface area contributed by atoms with Gasteiger partial charge >= 0.3 is 11.9 Å². The lowest BCUT2D eigenvalue weighted by Crippen LogP contribution is -2.28. The first-order valence-electron chi connectivity index (χ1n) is 10.5. The SMILES string of the molecule is CC(C)OC(=O)C=C[C@H]1C(C)(C)[C@]1(C(=O)O)C(C#N)c1cccc(Oc2ccccc2)c1. The number of nitriles is 1. The van der Waals surface area contributed by atoms with Crippen LogP contribution in [0.3, 0.4) is 0 Å². The van der Waals surface area contributed by atoms with Gasteiger partial charge in [-0.1, -0.05) is 50.3 Å². The second kappa shape index (κ2) is 8.88. The number of hydrogen-bond acceptors (Lipinski definition) is 5. The number of carbonyl (C=O) groups excluding carboxylic acids is 1. The van der Waals surface area contributed by atoms with Gasteiger partial charge in [0.15, 0.2) is 0 Å². The van der Waals surface area contributed by atoms with E-state index in [1.807, 2.05) is 30.3 Å². The number of benzene rings is 2. The molecule has 1 saturated carbocycles. The lowest BCUT2D eigenvalue weighted by Gasteiger charge is -2.22. The van der Waals surface area contributed by atoms with E-state index >= 15 is 0 Å². The topological polar surface area (TPSA) is 96.6 Å². The molecule has 0 aromatic heterocycles. The molecule has 3 atom stereocenters. The highest BCUT2D eigenvalue weighted by Crippen LogP contribution is 2.75. The lowest BCUT2D eigenvalue weighted by atomic mass is 9.78. The molecule has 6 heteroatoms. The van der Waals surface area contributed by atoms with Gasteiger partial charge in [0.05, 0.1) is 18.1 Å². The van der Waals surface area contributed by atoms with Gasteiger partial charge < -0.3 is 14.6 Å². The highest BCUT2D eigenvalue weighted by atomic mass is 16.5. The van der Waals surface area contributed by atoms with E-state index in [9.17, 15) is 20.0 Å². The first kappa shape index (κ1) is 23.1. The predicted octanol–water partition coefficient (Wildman–Crippen LogP) is 5.32. The molecule has 1 unspecified atom stereocenters. The number of nitrogens with zero attached hydrogens (tertiary/aromatic N) is 1. The Labute approximate surface area is 188 Å². The molecule has 32 heavy (non-hydrogen) atoms. The number of carbonyl (C=O) groups is 2. The van der Waals surface area contributed by atoms with Crippen molar-refractivity contribution in [1.29, 1.82) is 5.26 Å². The quantitative estimate of drug-likeness (QED) is 0.447. The summed E-state index contributed by atoms with van der Waals surface area (Å²) in [6, 6.07) is 18.4. The Balaban J connectivity index is 1.94. The van der Waals surface area contributed by atoms with Gasteiger partial charge in [0.1, 0.15) is 16.9 Å². The molecule has 1 N–H and O–H groups in total. The Morgan fingerprint density at radius 1 is 1.09 bits per heavy atom. The summed E-state index contributed by atoms with van der Waals surface area (Å²) in [6.45, 7) is 7.09. The number of esters is 1. The van der Waals surface area contributed by atoms with E-state index < -0.39 is 34.6 Å². The van der Waals surface area contributed by atoms with E-state index in [1.54, 1.807) is 58.0 Å². The second-order valence-electron chi connectivity index (χ2n) is 8.77. The Morgan fingerprint density at radius 3 is 2.34 bits per heavy atom. The summed E-state index contributed by atoms with van der Waals surface area (Å²) < 4.78 is 11.0. The minimum Gasteiger partial charge on any atom is -0.481 e. The van der Waals surface area contributed by atoms with Crippen molar-refractivity contribution in [2.75, 3.05) is 0 Å². The van der Waals surface area contributed by atoms with Gasteiger partial charge in [0.2, 0.25) is 0 Å². The Morgan fingerprint density at radius 2 is 1.75 bits per heavy atom. The van der Waals surface area contributed by atoms with Crippen LogP contribution in [0.25, 0.3) is 0 Å². The fourth-order valence-corrected chi connectivity index (χ4v) is 4.58. The fraction of sp³-hybridized carbons (Fsp3) is 0.346. The zero-order valence-corrected chi connectivity index (χ0v) is 18.6. The number of para-hydroxylation sites is 1. The van der Waals surface area contributed by atoms with E-state index in [2.05, 4.69) is 6.07 Å². The average molecular weight is 434 g/mol. The molecular formula is C26H27NO5. The maximum Gasteiger partial charge on any atom is 0.330 e. The van der Waals surface area contributed by atoms with Crippen molar-refractivity contribution < 1.29 is 24.2 Å². The van der Waals surface area contributed by atoms with Crippen LogP contribution < -0.4 is 4.74 Å². The molecule has 1 aliphatic carbocycles. The third kappa shape index (κ3) is 4.11. The Kier molecular flexibility index (Phi) is 6.40. The summed E-state index contributed by atoms with van der Waals surface area (Å²) in [5, 5.41) is 20.3. The summed E-state index contributed by atoms with van der Waals surface area (Å²) in [6.07, 6.45) is 2.55. The highest BCUT2D eigenvalue weighted by molar-refractivity contribution is 5.86. The largest absolute Gasteiger partial charge is 0.481 e. The van der Waals surface area contributed by atoms with Crippen LogP contribution in [0.5, 0.6) is 11.5 Å². The molecular weight excluding hydrogens is 406 g/mol. The van der Waals surface area contributed by atoms with Crippen molar-refractivity contribution in [3.63, 3.8) is 0 Å². The molecule has 1 aliphatic rings. The number of ether oxygens (including phenoxy) is 2. The van der Waals surface area contributed by atoms with Crippen LogP contribution in [0.1, 0.15) is 39.2 Å². The summed E-state index contributed by atoms with van der Waals surface area (Å²) in [5.74, 6) is -1.91. The maximum atomic E-state index is 12.5. The summed E-state index contributed by atoms with van der Waals surface area (Å²) >= 11 is 0. The molecule has 3 rings (SSSR count). The van der Waals surface area contributed by atoms with Gasteiger partial charge in [-0.25, -0.2) is 4.79 Å². The molecule has 6 nitrogen and oxygen atoms in total. The molecule has 166 valence electrons. The Hall–Kier alpha value is -3.59. The molecule has 0 spiro atoms. The van der Waals surface area contributed by atoms with Crippen LogP contribution in [0.2, 0.25) is 0 Å². The number of rotatable bonds is 8. The number of aliphatic carboxylic acids is 1. The normalized spacial score (nSPS) is 22.2. The number of carboxylic acids is 1. The van der Waals surface area contributed by atoms with Crippen molar-refractivity contribution in [3.05, 3.63) is 72.3 Å².